The fourth-order valence-electron chi connectivity index (χ4n) is 1.09. The summed E-state index contributed by atoms with van der Waals surface area (Å²) in [5.41, 5.74) is 0. The normalized spacial score (nSPS) is 10.6. The summed E-state index contributed by atoms with van der Waals surface area (Å²) < 4.78 is 14.0. The Kier molecular flexibility index (Phi) is 3.25. The van der Waals surface area contributed by atoms with E-state index in [-0.39, 0.29) is 0 Å². The molecular weight excluding hydrogens is 156 g/mol. The number of methoxy groups -OCH3 is 2. The Morgan fingerprint density at radius 2 is 2.17 bits per heavy atom. The Bertz CT molecular complexity index is 222. The molecule has 12 heavy (non-hydrogen) atoms. The second kappa shape index (κ2) is 4.23. The summed E-state index contributed by atoms with van der Waals surface area (Å²) in [5.74, 6) is 1.12. The largest absolute Gasteiger partial charge is 0.345 e. The van der Waals surface area contributed by atoms with E-state index in [4.69, 9.17) is 9.47 Å². The maximum atomic E-state index is 5.01. The first-order valence-corrected chi connectivity index (χ1v) is 3.82. The summed E-state index contributed by atoms with van der Waals surface area (Å²) in [4.78, 5) is 0. The first-order valence-electron chi connectivity index (χ1n) is 3.82. The molecule has 0 aromatic carbocycles. The van der Waals surface area contributed by atoms with E-state index in [1.165, 1.54) is 0 Å². The zero-order valence-corrected chi connectivity index (χ0v) is 7.78. The third kappa shape index (κ3) is 1.84. The van der Waals surface area contributed by atoms with Crippen molar-refractivity contribution in [2.24, 2.45) is 0 Å². The molecule has 0 spiro atoms. The highest BCUT2D eigenvalue weighted by molar-refractivity contribution is 4.77. The van der Waals surface area contributed by atoms with E-state index in [0.717, 1.165) is 5.82 Å². The second-order valence-corrected chi connectivity index (χ2v) is 2.62. The van der Waals surface area contributed by atoms with E-state index in [0.29, 0.717) is 13.5 Å². The summed E-state index contributed by atoms with van der Waals surface area (Å²) >= 11 is 0. The molecule has 0 bridgehead atoms. The van der Waals surface area contributed by atoms with Crippen LogP contribution in [0.15, 0.2) is 12.4 Å². The standard InChI is InChI=1S/C8H15N2O2/c1-8-9(6-11-2)4-5-10(8)7-12-3/h4-5H,6-7H2,1-3H3/q+1. The number of rotatable bonds is 4. The average Bonchev–Trinajstić information content (AvgIpc) is 2.38. The minimum atomic E-state index is 0.586. The van der Waals surface area contributed by atoms with Crippen LogP contribution in [0.25, 0.3) is 0 Å². The summed E-state index contributed by atoms with van der Waals surface area (Å²) in [6.45, 7) is 3.20. The number of nitrogens with zero attached hydrogens (tertiary/aromatic N) is 2. The minimum Gasteiger partial charge on any atom is -0.345 e. The van der Waals surface area contributed by atoms with Crippen LogP contribution in [-0.4, -0.2) is 18.8 Å². The van der Waals surface area contributed by atoms with Crippen molar-refractivity contribution in [2.75, 3.05) is 14.2 Å². The Hall–Kier alpha value is -0.870. The molecule has 68 valence electrons. The molecule has 0 unspecified atom stereocenters. The van der Waals surface area contributed by atoms with Crippen LogP contribution in [0.1, 0.15) is 5.82 Å². The van der Waals surface area contributed by atoms with Gasteiger partial charge in [0.15, 0.2) is 13.5 Å². The van der Waals surface area contributed by atoms with Crippen molar-refractivity contribution in [2.45, 2.75) is 20.4 Å². The van der Waals surface area contributed by atoms with Crippen LogP contribution in [-0.2, 0) is 22.9 Å². The molecule has 0 fully saturated rings. The van der Waals surface area contributed by atoms with Crippen molar-refractivity contribution in [1.82, 2.24) is 4.57 Å². The predicted octanol–water partition coefficient (Wildman–Crippen LogP) is 0.292. The maximum absolute atomic E-state index is 5.01. The van der Waals surface area contributed by atoms with Crippen LogP contribution in [0.5, 0.6) is 0 Å². The minimum absolute atomic E-state index is 0.586. The molecule has 1 aromatic rings. The Balaban J connectivity index is 2.74. The lowest BCUT2D eigenvalue weighted by Crippen LogP contribution is -2.36. The van der Waals surface area contributed by atoms with E-state index in [9.17, 15) is 0 Å². The second-order valence-electron chi connectivity index (χ2n) is 2.62. The van der Waals surface area contributed by atoms with Crippen LogP contribution in [0.3, 0.4) is 0 Å². The lowest BCUT2D eigenvalue weighted by molar-refractivity contribution is -0.736. The van der Waals surface area contributed by atoms with Crippen molar-refractivity contribution in [3.63, 3.8) is 0 Å². The zero-order chi connectivity index (χ0) is 8.97. The van der Waals surface area contributed by atoms with Gasteiger partial charge in [-0.1, -0.05) is 0 Å². The highest BCUT2D eigenvalue weighted by Gasteiger charge is 2.10. The number of imidazole rings is 1. The van der Waals surface area contributed by atoms with Gasteiger partial charge in [0.05, 0.1) is 0 Å². The highest BCUT2D eigenvalue weighted by atomic mass is 16.5. The maximum Gasteiger partial charge on any atom is 0.257 e. The number of ether oxygens (including phenoxy) is 2. The third-order valence-electron chi connectivity index (χ3n) is 1.79. The molecule has 0 atom stereocenters. The number of hydrogen-bond acceptors (Lipinski definition) is 2. The van der Waals surface area contributed by atoms with Gasteiger partial charge in [-0.25, -0.2) is 9.13 Å². The summed E-state index contributed by atoms with van der Waals surface area (Å²) in [7, 11) is 3.36. The van der Waals surface area contributed by atoms with Crippen LogP contribution in [0.2, 0.25) is 0 Å². The van der Waals surface area contributed by atoms with Crippen molar-refractivity contribution in [3.05, 3.63) is 18.2 Å². The van der Waals surface area contributed by atoms with Gasteiger partial charge in [0.2, 0.25) is 0 Å². The van der Waals surface area contributed by atoms with Crippen LogP contribution < -0.4 is 4.57 Å². The Morgan fingerprint density at radius 1 is 1.42 bits per heavy atom. The SMILES string of the molecule is COCn1cc[n+](COC)c1C. The third-order valence-corrected chi connectivity index (χ3v) is 1.79. The van der Waals surface area contributed by atoms with Crippen LogP contribution >= 0.6 is 0 Å². The molecule has 1 heterocycles. The monoisotopic (exact) mass is 171 g/mol. The lowest BCUT2D eigenvalue weighted by atomic mass is 10.7. The first kappa shape index (κ1) is 9.22. The topological polar surface area (TPSA) is 27.3 Å². The van der Waals surface area contributed by atoms with Gasteiger partial charge in [-0.2, -0.15) is 0 Å². The summed E-state index contributed by atoms with van der Waals surface area (Å²) in [6, 6.07) is 0. The fraction of sp³-hybridized carbons (Fsp3) is 0.625. The molecule has 0 saturated heterocycles. The summed E-state index contributed by atoms with van der Waals surface area (Å²) in [5, 5.41) is 0. The number of hydrogen-bond donors (Lipinski definition) is 0. The molecule has 1 rings (SSSR count). The molecule has 0 saturated carbocycles. The van der Waals surface area contributed by atoms with Gasteiger partial charge in [0, 0.05) is 21.1 Å². The van der Waals surface area contributed by atoms with Crippen LogP contribution in [0.4, 0.5) is 0 Å². The molecule has 4 heteroatoms. The molecular formula is C8H15N2O2+. The Labute approximate surface area is 72.3 Å². The van der Waals surface area contributed by atoms with Crippen molar-refractivity contribution in [1.29, 1.82) is 0 Å². The van der Waals surface area contributed by atoms with E-state index >= 15 is 0 Å². The van der Waals surface area contributed by atoms with Gasteiger partial charge in [0.25, 0.3) is 5.82 Å². The molecule has 0 aliphatic carbocycles. The molecule has 0 radical (unpaired) electrons. The fourth-order valence-corrected chi connectivity index (χ4v) is 1.09. The van der Waals surface area contributed by atoms with Crippen molar-refractivity contribution >= 4 is 0 Å². The van der Waals surface area contributed by atoms with Gasteiger partial charge in [-0.05, 0) is 0 Å². The molecule has 0 amide bonds. The molecule has 0 N–H and O–H groups in total. The van der Waals surface area contributed by atoms with E-state index in [1.54, 1.807) is 14.2 Å². The predicted molar refractivity (Wildman–Crippen MR) is 43.4 cm³/mol. The van der Waals surface area contributed by atoms with Gasteiger partial charge in [0.1, 0.15) is 12.4 Å². The molecule has 0 aliphatic heterocycles. The van der Waals surface area contributed by atoms with Crippen LogP contribution in [0, 0.1) is 6.92 Å². The highest BCUT2D eigenvalue weighted by Crippen LogP contribution is 1.93. The Morgan fingerprint density at radius 3 is 2.75 bits per heavy atom. The lowest BCUT2D eigenvalue weighted by Gasteiger charge is -1.98. The molecule has 1 aromatic heterocycles. The van der Waals surface area contributed by atoms with Gasteiger partial charge in [-0.3, -0.25) is 0 Å². The van der Waals surface area contributed by atoms with E-state index in [2.05, 4.69) is 0 Å². The quantitative estimate of drug-likeness (QED) is 0.609. The van der Waals surface area contributed by atoms with Gasteiger partial charge in [-0.15, -0.1) is 0 Å². The van der Waals surface area contributed by atoms with Crippen molar-refractivity contribution < 1.29 is 14.0 Å². The molecule has 0 aliphatic rings. The smallest absolute Gasteiger partial charge is 0.257 e. The van der Waals surface area contributed by atoms with E-state index < -0.39 is 0 Å². The van der Waals surface area contributed by atoms with Gasteiger partial charge >= 0.3 is 0 Å². The van der Waals surface area contributed by atoms with Gasteiger partial charge < -0.3 is 9.47 Å². The molecule has 4 nitrogen and oxygen atoms in total. The number of aromatic nitrogens is 2. The summed E-state index contributed by atoms with van der Waals surface area (Å²) in [6.07, 6.45) is 3.94. The first-order chi connectivity index (χ1) is 5.79. The van der Waals surface area contributed by atoms with Crippen molar-refractivity contribution in [3.8, 4) is 0 Å². The zero-order valence-electron chi connectivity index (χ0n) is 7.78. The van der Waals surface area contributed by atoms with E-state index in [1.807, 2.05) is 28.5 Å². The average molecular weight is 171 g/mol.